The molecular formula is C20H23ClN2O4S. The lowest BCUT2D eigenvalue weighted by Crippen LogP contribution is -2.41. The summed E-state index contributed by atoms with van der Waals surface area (Å²) in [5.41, 5.74) is 1.05. The van der Waals surface area contributed by atoms with Gasteiger partial charge in [-0.2, -0.15) is 0 Å². The zero-order valence-electron chi connectivity index (χ0n) is 16.2. The van der Waals surface area contributed by atoms with E-state index >= 15 is 0 Å². The fourth-order valence-electron chi connectivity index (χ4n) is 3.24. The lowest BCUT2D eigenvalue weighted by Gasteiger charge is -2.38. The molecule has 1 N–H and O–H groups in total. The minimum Gasteiger partial charge on any atom is -0.487 e. The van der Waals surface area contributed by atoms with E-state index in [0.29, 0.717) is 12.1 Å². The lowest BCUT2D eigenvalue weighted by molar-refractivity contribution is 0.0620. The number of hydrogen-bond acceptors (Lipinski definition) is 4. The molecule has 1 atom stereocenters. The Bertz CT molecular complexity index is 1020. The highest BCUT2D eigenvalue weighted by atomic mass is 35.5. The molecule has 1 amide bonds. The van der Waals surface area contributed by atoms with Crippen LogP contribution in [0.3, 0.4) is 0 Å². The van der Waals surface area contributed by atoms with Crippen LogP contribution in [0.4, 0.5) is 5.69 Å². The van der Waals surface area contributed by atoms with Gasteiger partial charge in [-0.15, -0.1) is 0 Å². The van der Waals surface area contributed by atoms with Crippen molar-refractivity contribution in [2.45, 2.75) is 31.9 Å². The summed E-state index contributed by atoms with van der Waals surface area (Å²) in [6.07, 6.45) is 1.69. The number of carbonyl (C=O) groups is 1. The highest BCUT2D eigenvalue weighted by Crippen LogP contribution is 2.39. The molecule has 0 fully saturated rings. The number of nitrogens with zero attached hydrogens (tertiary/aromatic N) is 1. The van der Waals surface area contributed by atoms with Gasteiger partial charge in [0.2, 0.25) is 10.0 Å². The summed E-state index contributed by atoms with van der Waals surface area (Å²) in [4.78, 5) is 13.0. The summed E-state index contributed by atoms with van der Waals surface area (Å²) in [7, 11) is -2.02. The van der Waals surface area contributed by atoms with Gasteiger partial charge in [-0.3, -0.25) is 9.10 Å². The van der Waals surface area contributed by atoms with Crippen LogP contribution in [0.5, 0.6) is 5.75 Å². The van der Waals surface area contributed by atoms with Crippen LogP contribution in [0.1, 0.15) is 42.2 Å². The van der Waals surface area contributed by atoms with Gasteiger partial charge in [0.05, 0.1) is 28.6 Å². The number of benzene rings is 2. The highest BCUT2D eigenvalue weighted by molar-refractivity contribution is 7.92. The Morgan fingerprint density at radius 3 is 2.61 bits per heavy atom. The van der Waals surface area contributed by atoms with Crippen LogP contribution in [0.2, 0.25) is 5.02 Å². The molecule has 6 nitrogen and oxygen atoms in total. The summed E-state index contributed by atoms with van der Waals surface area (Å²) in [5.74, 6) is 0.368. The molecule has 0 saturated carbocycles. The van der Waals surface area contributed by atoms with Crippen molar-refractivity contribution in [1.29, 1.82) is 0 Å². The second-order valence-corrected chi connectivity index (χ2v) is 9.95. The van der Waals surface area contributed by atoms with Gasteiger partial charge in [-0.25, -0.2) is 8.42 Å². The van der Waals surface area contributed by atoms with Crippen molar-refractivity contribution in [3.8, 4) is 5.75 Å². The Kier molecular flexibility index (Phi) is 5.34. The predicted octanol–water partition coefficient (Wildman–Crippen LogP) is 3.77. The molecule has 28 heavy (non-hydrogen) atoms. The Morgan fingerprint density at radius 2 is 1.93 bits per heavy atom. The van der Waals surface area contributed by atoms with Gasteiger partial charge in [0.15, 0.2) is 0 Å². The van der Waals surface area contributed by atoms with Crippen molar-refractivity contribution in [3.05, 3.63) is 58.6 Å². The number of sulfonamides is 1. The van der Waals surface area contributed by atoms with Gasteiger partial charge < -0.3 is 10.1 Å². The summed E-state index contributed by atoms with van der Waals surface area (Å²) in [6, 6.07) is 11.9. The smallest absolute Gasteiger partial charge is 0.253 e. The number of para-hydroxylation sites is 1. The minimum atomic E-state index is -3.45. The van der Waals surface area contributed by atoms with Crippen LogP contribution in [0, 0.1) is 0 Å². The first-order valence-electron chi connectivity index (χ1n) is 8.80. The number of hydrogen-bond donors (Lipinski definition) is 1. The zero-order valence-corrected chi connectivity index (χ0v) is 17.8. The van der Waals surface area contributed by atoms with Crippen LogP contribution in [0.25, 0.3) is 0 Å². The van der Waals surface area contributed by atoms with Crippen molar-refractivity contribution < 1.29 is 17.9 Å². The first kappa shape index (κ1) is 20.5. The van der Waals surface area contributed by atoms with Gasteiger partial charge in [-0.05, 0) is 38.1 Å². The normalized spacial score (nSPS) is 18.0. The second-order valence-electron chi connectivity index (χ2n) is 7.52. The SMILES string of the molecule is CN(c1ccc(Cl)c(C(=O)N[C@H]2CC(C)(C)Oc3ccccc32)c1)S(C)(=O)=O. The van der Waals surface area contributed by atoms with Crippen molar-refractivity contribution in [2.75, 3.05) is 17.6 Å². The summed E-state index contributed by atoms with van der Waals surface area (Å²) < 4.78 is 30.7. The average molecular weight is 423 g/mol. The molecular weight excluding hydrogens is 400 g/mol. The van der Waals surface area contributed by atoms with Gasteiger partial charge in [0.25, 0.3) is 5.91 Å². The van der Waals surface area contributed by atoms with E-state index in [0.717, 1.165) is 21.9 Å². The molecule has 1 aliphatic rings. The maximum atomic E-state index is 13.0. The van der Waals surface area contributed by atoms with E-state index in [1.165, 1.54) is 19.2 Å². The van der Waals surface area contributed by atoms with E-state index in [4.69, 9.17) is 16.3 Å². The molecule has 0 bridgehead atoms. The van der Waals surface area contributed by atoms with Gasteiger partial charge in [0, 0.05) is 19.0 Å². The van der Waals surface area contributed by atoms with Crippen LogP contribution >= 0.6 is 11.6 Å². The zero-order chi connectivity index (χ0) is 20.7. The van der Waals surface area contributed by atoms with E-state index in [-0.39, 0.29) is 22.5 Å². The molecule has 3 rings (SSSR count). The number of nitrogens with one attached hydrogen (secondary N) is 1. The Morgan fingerprint density at radius 1 is 1.25 bits per heavy atom. The van der Waals surface area contributed by atoms with Gasteiger partial charge in [0.1, 0.15) is 11.4 Å². The third-order valence-electron chi connectivity index (χ3n) is 4.74. The summed E-state index contributed by atoms with van der Waals surface area (Å²) in [5, 5.41) is 3.27. The summed E-state index contributed by atoms with van der Waals surface area (Å²) in [6.45, 7) is 3.94. The molecule has 0 aliphatic carbocycles. The van der Waals surface area contributed by atoms with E-state index in [1.54, 1.807) is 6.07 Å². The number of anilines is 1. The Balaban J connectivity index is 1.91. The highest BCUT2D eigenvalue weighted by Gasteiger charge is 2.34. The minimum absolute atomic E-state index is 0.219. The van der Waals surface area contributed by atoms with Crippen LogP contribution in [-0.2, 0) is 10.0 Å². The molecule has 0 saturated heterocycles. The Labute approximate surface area is 170 Å². The second kappa shape index (κ2) is 7.29. The Hall–Kier alpha value is -2.25. The quantitative estimate of drug-likeness (QED) is 0.813. The van der Waals surface area contributed by atoms with Gasteiger partial charge >= 0.3 is 0 Å². The first-order chi connectivity index (χ1) is 13.0. The number of amides is 1. The molecule has 0 unspecified atom stereocenters. The van der Waals surface area contributed by atoms with Crippen molar-refractivity contribution in [3.63, 3.8) is 0 Å². The molecule has 2 aromatic carbocycles. The van der Waals surface area contributed by atoms with E-state index in [2.05, 4.69) is 5.32 Å². The number of fused-ring (bicyclic) bond motifs is 1. The van der Waals surface area contributed by atoms with E-state index in [1.807, 2.05) is 38.1 Å². The number of rotatable bonds is 4. The number of carbonyl (C=O) groups excluding carboxylic acids is 1. The maximum Gasteiger partial charge on any atom is 0.253 e. The maximum absolute atomic E-state index is 13.0. The molecule has 150 valence electrons. The van der Waals surface area contributed by atoms with Crippen LogP contribution in [0.15, 0.2) is 42.5 Å². The average Bonchev–Trinajstić information content (AvgIpc) is 2.59. The monoisotopic (exact) mass is 422 g/mol. The third kappa shape index (κ3) is 4.25. The van der Waals surface area contributed by atoms with Gasteiger partial charge in [-0.1, -0.05) is 29.8 Å². The largest absolute Gasteiger partial charge is 0.487 e. The first-order valence-corrected chi connectivity index (χ1v) is 11.0. The fraction of sp³-hybridized carbons (Fsp3) is 0.350. The molecule has 1 aliphatic heterocycles. The predicted molar refractivity (Wildman–Crippen MR) is 111 cm³/mol. The van der Waals surface area contributed by atoms with Crippen LogP contribution < -0.4 is 14.4 Å². The topological polar surface area (TPSA) is 75.7 Å². The molecule has 2 aromatic rings. The molecule has 0 aromatic heterocycles. The van der Waals surface area contributed by atoms with Crippen LogP contribution in [-0.4, -0.2) is 33.2 Å². The lowest BCUT2D eigenvalue weighted by atomic mass is 9.89. The molecule has 8 heteroatoms. The standard InChI is InChI=1S/C20H23ClN2O4S/c1-20(2)12-17(14-7-5-6-8-18(14)27-20)22-19(24)15-11-13(9-10-16(15)21)23(3)28(4,25)26/h5-11,17H,12H2,1-4H3,(H,22,24)/t17-/m0/s1. The molecule has 0 spiro atoms. The van der Waals surface area contributed by atoms with E-state index < -0.39 is 15.6 Å². The third-order valence-corrected chi connectivity index (χ3v) is 6.27. The van der Waals surface area contributed by atoms with Crippen molar-refractivity contribution in [2.24, 2.45) is 0 Å². The fourth-order valence-corrected chi connectivity index (χ4v) is 3.94. The molecule has 0 radical (unpaired) electrons. The summed E-state index contributed by atoms with van der Waals surface area (Å²) >= 11 is 6.23. The number of halogens is 1. The van der Waals surface area contributed by atoms with Crippen molar-refractivity contribution in [1.82, 2.24) is 5.32 Å². The number of ether oxygens (including phenoxy) is 1. The van der Waals surface area contributed by atoms with E-state index in [9.17, 15) is 13.2 Å². The van der Waals surface area contributed by atoms with Crippen molar-refractivity contribution >= 4 is 33.2 Å². The molecule has 1 heterocycles.